The van der Waals surface area contributed by atoms with Crippen molar-refractivity contribution in [1.29, 1.82) is 0 Å². The van der Waals surface area contributed by atoms with Crippen molar-refractivity contribution in [3.8, 4) is 17.2 Å². The fourth-order valence-electron chi connectivity index (χ4n) is 1.79. The van der Waals surface area contributed by atoms with Gasteiger partial charge in [-0.1, -0.05) is 0 Å². The summed E-state index contributed by atoms with van der Waals surface area (Å²) in [6.07, 6.45) is -3.78. The first kappa shape index (κ1) is 15.0. The second-order valence-corrected chi connectivity index (χ2v) is 4.19. The zero-order valence-electron chi connectivity index (χ0n) is 11.3. The third kappa shape index (κ3) is 3.18. The average molecular weight is 299 g/mol. The molecule has 4 nitrogen and oxygen atoms in total. The standard InChI is InChI=1S/C14H12F3NO3/c1-20-11-5-10(6-12(7-11)21-2)18-8-9(14(15,16)17)3-4-13(18)19/h3-8H,1-2H3. The maximum absolute atomic E-state index is 12.7. The van der Waals surface area contributed by atoms with Gasteiger partial charge in [-0.3, -0.25) is 9.36 Å². The summed E-state index contributed by atoms with van der Waals surface area (Å²) in [6, 6.07) is 6.07. The molecular weight excluding hydrogens is 287 g/mol. The number of nitrogens with zero attached hydrogens (tertiary/aromatic N) is 1. The van der Waals surface area contributed by atoms with Crippen LogP contribution in [0.1, 0.15) is 5.56 Å². The highest BCUT2D eigenvalue weighted by Gasteiger charge is 2.31. The van der Waals surface area contributed by atoms with Gasteiger partial charge in [-0.25, -0.2) is 0 Å². The Labute approximate surface area is 118 Å². The fraction of sp³-hybridized carbons (Fsp3) is 0.214. The number of halogens is 3. The molecule has 0 saturated carbocycles. The lowest BCUT2D eigenvalue weighted by molar-refractivity contribution is -0.138. The zero-order chi connectivity index (χ0) is 15.6. The second kappa shape index (κ2) is 5.51. The van der Waals surface area contributed by atoms with Gasteiger partial charge in [0.05, 0.1) is 25.5 Å². The molecule has 0 saturated heterocycles. The third-order valence-electron chi connectivity index (χ3n) is 2.85. The van der Waals surface area contributed by atoms with Crippen LogP contribution in [0.3, 0.4) is 0 Å². The van der Waals surface area contributed by atoms with Crippen molar-refractivity contribution in [2.75, 3.05) is 14.2 Å². The molecule has 1 aromatic heterocycles. The Morgan fingerprint density at radius 2 is 1.57 bits per heavy atom. The summed E-state index contributed by atoms with van der Waals surface area (Å²) in [4.78, 5) is 11.8. The molecule has 1 heterocycles. The van der Waals surface area contributed by atoms with E-state index in [1.807, 2.05) is 0 Å². The highest BCUT2D eigenvalue weighted by molar-refractivity contribution is 5.47. The van der Waals surface area contributed by atoms with Crippen LogP contribution in [-0.2, 0) is 6.18 Å². The zero-order valence-corrected chi connectivity index (χ0v) is 11.3. The number of aromatic nitrogens is 1. The fourth-order valence-corrected chi connectivity index (χ4v) is 1.79. The number of pyridine rings is 1. The molecule has 0 aliphatic rings. The number of hydrogen-bond acceptors (Lipinski definition) is 3. The Hall–Kier alpha value is -2.44. The number of benzene rings is 1. The summed E-state index contributed by atoms with van der Waals surface area (Å²) in [5.74, 6) is 0.738. The quantitative estimate of drug-likeness (QED) is 0.875. The lowest BCUT2D eigenvalue weighted by Crippen LogP contribution is -2.19. The van der Waals surface area contributed by atoms with E-state index < -0.39 is 17.3 Å². The van der Waals surface area contributed by atoms with Crippen LogP contribution in [0.5, 0.6) is 11.5 Å². The molecule has 0 unspecified atom stereocenters. The van der Waals surface area contributed by atoms with E-state index in [0.717, 1.165) is 22.9 Å². The van der Waals surface area contributed by atoms with Gasteiger partial charge in [-0.05, 0) is 6.07 Å². The van der Waals surface area contributed by atoms with Gasteiger partial charge in [0.25, 0.3) is 5.56 Å². The van der Waals surface area contributed by atoms with Crippen molar-refractivity contribution in [2.24, 2.45) is 0 Å². The van der Waals surface area contributed by atoms with E-state index in [9.17, 15) is 18.0 Å². The SMILES string of the molecule is COc1cc(OC)cc(-n2cc(C(F)(F)F)ccc2=O)c1. The van der Waals surface area contributed by atoms with E-state index in [4.69, 9.17) is 9.47 Å². The molecule has 112 valence electrons. The maximum atomic E-state index is 12.7. The van der Waals surface area contributed by atoms with E-state index in [1.165, 1.54) is 26.4 Å². The molecule has 0 fully saturated rings. The highest BCUT2D eigenvalue weighted by Crippen LogP contribution is 2.29. The van der Waals surface area contributed by atoms with Gasteiger partial charge >= 0.3 is 6.18 Å². The van der Waals surface area contributed by atoms with Crippen LogP contribution >= 0.6 is 0 Å². The molecule has 2 aromatic rings. The number of methoxy groups -OCH3 is 2. The van der Waals surface area contributed by atoms with Gasteiger partial charge in [-0.15, -0.1) is 0 Å². The molecule has 0 aliphatic heterocycles. The van der Waals surface area contributed by atoms with Crippen LogP contribution in [0.4, 0.5) is 13.2 Å². The molecule has 0 atom stereocenters. The monoisotopic (exact) mass is 299 g/mol. The van der Waals surface area contributed by atoms with E-state index in [1.54, 1.807) is 6.07 Å². The average Bonchev–Trinajstić information content (AvgIpc) is 2.45. The summed E-state index contributed by atoms with van der Waals surface area (Å²) >= 11 is 0. The lowest BCUT2D eigenvalue weighted by atomic mass is 10.2. The van der Waals surface area contributed by atoms with Crippen molar-refractivity contribution < 1.29 is 22.6 Å². The molecule has 0 aliphatic carbocycles. The molecule has 2 rings (SSSR count). The highest BCUT2D eigenvalue weighted by atomic mass is 19.4. The largest absolute Gasteiger partial charge is 0.497 e. The maximum Gasteiger partial charge on any atom is 0.417 e. The predicted octanol–water partition coefficient (Wildman–Crippen LogP) is 2.87. The molecule has 1 aromatic carbocycles. The number of rotatable bonds is 3. The topological polar surface area (TPSA) is 40.5 Å². The summed E-state index contributed by atoms with van der Waals surface area (Å²) in [7, 11) is 2.82. The van der Waals surface area contributed by atoms with Gasteiger partial charge in [0.15, 0.2) is 0 Å². The molecule has 21 heavy (non-hydrogen) atoms. The molecule has 0 radical (unpaired) electrons. The summed E-state index contributed by atoms with van der Waals surface area (Å²) < 4.78 is 49.2. The first-order valence-corrected chi connectivity index (χ1v) is 5.88. The van der Waals surface area contributed by atoms with Gasteiger partial charge < -0.3 is 9.47 Å². The summed E-state index contributed by atoms with van der Waals surface area (Å²) in [6.45, 7) is 0. The minimum Gasteiger partial charge on any atom is -0.497 e. The Morgan fingerprint density at radius 1 is 1.00 bits per heavy atom. The van der Waals surface area contributed by atoms with E-state index in [-0.39, 0.29) is 5.69 Å². The van der Waals surface area contributed by atoms with Gasteiger partial charge in [0.2, 0.25) is 0 Å². The van der Waals surface area contributed by atoms with Crippen molar-refractivity contribution >= 4 is 0 Å². The normalized spacial score (nSPS) is 11.3. The first-order valence-electron chi connectivity index (χ1n) is 5.88. The third-order valence-corrected chi connectivity index (χ3v) is 2.85. The number of alkyl halides is 3. The lowest BCUT2D eigenvalue weighted by Gasteiger charge is -2.13. The Bertz CT molecular complexity index is 685. The van der Waals surface area contributed by atoms with Crippen molar-refractivity contribution in [2.45, 2.75) is 6.18 Å². The number of ether oxygens (including phenoxy) is 2. The van der Waals surface area contributed by atoms with Crippen LogP contribution < -0.4 is 15.0 Å². The van der Waals surface area contributed by atoms with Crippen LogP contribution in [0, 0.1) is 0 Å². The second-order valence-electron chi connectivity index (χ2n) is 4.19. The Kier molecular flexibility index (Phi) is 3.93. The van der Waals surface area contributed by atoms with Crippen molar-refractivity contribution in [1.82, 2.24) is 4.57 Å². The van der Waals surface area contributed by atoms with Gasteiger partial charge in [0, 0.05) is 30.5 Å². The smallest absolute Gasteiger partial charge is 0.417 e. The van der Waals surface area contributed by atoms with Crippen LogP contribution in [-0.4, -0.2) is 18.8 Å². The summed E-state index contributed by atoms with van der Waals surface area (Å²) in [5.41, 5.74) is -1.27. The van der Waals surface area contributed by atoms with E-state index >= 15 is 0 Å². The minimum absolute atomic E-state index is 0.224. The molecule has 0 spiro atoms. The Balaban J connectivity index is 2.63. The van der Waals surface area contributed by atoms with Crippen LogP contribution in [0.15, 0.2) is 41.3 Å². The van der Waals surface area contributed by atoms with Gasteiger partial charge in [-0.2, -0.15) is 13.2 Å². The van der Waals surface area contributed by atoms with Crippen LogP contribution in [0.2, 0.25) is 0 Å². The summed E-state index contributed by atoms with van der Waals surface area (Å²) in [5, 5.41) is 0. The number of hydrogen-bond donors (Lipinski definition) is 0. The molecule has 0 N–H and O–H groups in total. The molecule has 0 bridgehead atoms. The van der Waals surface area contributed by atoms with Crippen LogP contribution in [0.25, 0.3) is 5.69 Å². The van der Waals surface area contributed by atoms with Crippen molar-refractivity contribution in [3.63, 3.8) is 0 Å². The van der Waals surface area contributed by atoms with Gasteiger partial charge in [0.1, 0.15) is 11.5 Å². The Morgan fingerprint density at radius 3 is 2.05 bits per heavy atom. The molecule has 7 heteroatoms. The predicted molar refractivity (Wildman–Crippen MR) is 70.1 cm³/mol. The van der Waals surface area contributed by atoms with E-state index in [2.05, 4.69) is 0 Å². The van der Waals surface area contributed by atoms with Crippen molar-refractivity contribution in [3.05, 3.63) is 52.4 Å². The first-order chi connectivity index (χ1) is 9.85. The van der Waals surface area contributed by atoms with E-state index in [0.29, 0.717) is 11.5 Å². The molecular formula is C14H12F3NO3. The molecule has 0 amide bonds. The minimum atomic E-state index is -4.53.